The molecule has 14 heavy (non-hydrogen) atoms. The molecule has 2 fully saturated rings. The second kappa shape index (κ2) is 3.87. The van der Waals surface area contributed by atoms with E-state index in [1.807, 2.05) is 0 Å². The van der Waals surface area contributed by atoms with Gasteiger partial charge in [0.05, 0.1) is 25.2 Å². The van der Waals surface area contributed by atoms with E-state index in [0.717, 1.165) is 25.9 Å². The van der Waals surface area contributed by atoms with E-state index in [1.54, 1.807) is 0 Å². The van der Waals surface area contributed by atoms with Crippen molar-refractivity contribution in [1.29, 1.82) is 0 Å². The van der Waals surface area contributed by atoms with Gasteiger partial charge >= 0.3 is 5.97 Å². The second-order valence-electron chi connectivity index (χ2n) is 4.05. The molecule has 2 aliphatic rings. The summed E-state index contributed by atoms with van der Waals surface area (Å²) in [7, 11) is 1.44. The summed E-state index contributed by atoms with van der Waals surface area (Å²) in [6.07, 6.45) is 2.43. The smallest absolute Gasteiger partial charge is 0.308 e. The van der Waals surface area contributed by atoms with Gasteiger partial charge in [0, 0.05) is 19.6 Å². The van der Waals surface area contributed by atoms with E-state index in [9.17, 15) is 4.79 Å². The van der Waals surface area contributed by atoms with Crippen LogP contribution in [0.4, 0.5) is 0 Å². The van der Waals surface area contributed by atoms with Crippen LogP contribution in [0.1, 0.15) is 19.3 Å². The van der Waals surface area contributed by atoms with Crippen LogP contribution in [-0.4, -0.2) is 38.5 Å². The topological polar surface area (TPSA) is 44.8 Å². The summed E-state index contributed by atoms with van der Waals surface area (Å²) >= 11 is 0. The Morgan fingerprint density at radius 3 is 3.00 bits per heavy atom. The average molecular weight is 200 g/mol. The molecule has 4 heteroatoms. The van der Waals surface area contributed by atoms with Gasteiger partial charge in [-0.3, -0.25) is 4.79 Å². The number of rotatable bonds is 1. The third-order valence-electron chi connectivity index (χ3n) is 3.09. The first-order valence-corrected chi connectivity index (χ1v) is 5.05. The first-order valence-electron chi connectivity index (χ1n) is 5.05. The van der Waals surface area contributed by atoms with E-state index in [-0.39, 0.29) is 17.5 Å². The van der Waals surface area contributed by atoms with Gasteiger partial charge in [-0.15, -0.1) is 0 Å². The summed E-state index contributed by atoms with van der Waals surface area (Å²) < 4.78 is 15.8. The van der Waals surface area contributed by atoms with Crippen LogP contribution in [0.3, 0.4) is 0 Å². The van der Waals surface area contributed by atoms with Crippen LogP contribution in [0.2, 0.25) is 0 Å². The van der Waals surface area contributed by atoms with Crippen molar-refractivity contribution in [1.82, 2.24) is 0 Å². The lowest BCUT2D eigenvalue weighted by molar-refractivity contribution is -0.157. The zero-order chi connectivity index (χ0) is 10.0. The maximum absolute atomic E-state index is 11.4. The predicted molar refractivity (Wildman–Crippen MR) is 48.9 cm³/mol. The normalized spacial score (nSPS) is 37.4. The third-order valence-corrected chi connectivity index (χ3v) is 3.09. The molecule has 0 aliphatic carbocycles. The Labute approximate surface area is 83.5 Å². The van der Waals surface area contributed by atoms with Gasteiger partial charge in [-0.05, 0) is 12.8 Å². The minimum absolute atomic E-state index is 0.00421. The van der Waals surface area contributed by atoms with Crippen LogP contribution in [0.15, 0.2) is 0 Å². The molecule has 2 heterocycles. The fourth-order valence-electron chi connectivity index (χ4n) is 2.26. The Morgan fingerprint density at radius 1 is 1.50 bits per heavy atom. The highest BCUT2D eigenvalue weighted by molar-refractivity contribution is 5.72. The Morgan fingerprint density at radius 2 is 2.36 bits per heavy atom. The molecule has 0 aromatic heterocycles. The molecule has 4 nitrogen and oxygen atoms in total. The second-order valence-corrected chi connectivity index (χ2v) is 4.05. The standard InChI is InChI=1S/C10H16O4/c1-12-9(11)8-2-4-14-10(6-8)3-5-13-7-10/h8H,2-7H2,1H3. The lowest BCUT2D eigenvalue weighted by atomic mass is 9.85. The van der Waals surface area contributed by atoms with E-state index < -0.39 is 0 Å². The number of ether oxygens (including phenoxy) is 3. The van der Waals surface area contributed by atoms with Gasteiger partial charge in [-0.25, -0.2) is 0 Å². The van der Waals surface area contributed by atoms with E-state index in [2.05, 4.69) is 0 Å². The Hall–Kier alpha value is -0.610. The molecule has 2 rings (SSSR count). The highest BCUT2D eigenvalue weighted by atomic mass is 16.6. The van der Waals surface area contributed by atoms with E-state index >= 15 is 0 Å². The molecule has 2 unspecified atom stereocenters. The van der Waals surface area contributed by atoms with E-state index in [4.69, 9.17) is 14.2 Å². The summed E-state index contributed by atoms with van der Waals surface area (Å²) in [5.74, 6) is -0.116. The van der Waals surface area contributed by atoms with E-state index in [1.165, 1.54) is 7.11 Å². The zero-order valence-electron chi connectivity index (χ0n) is 8.45. The predicted octanol–water partition coefficient (Wildman–Crippen LogP) is 0.745. The van der Waals surface area contributed by atoms with Crippen LogP contribution in [0, 0.1) is 5.92 Å². The number of hydrogen-bond acceptors (Lipinski definition) is 4. The number of esters is 1. The van der Waals surface area contributed by atoms with Crippen LogP contribution in [0.5, 0.6) is 0 Å². The van der Waals surface area contributed by atoms with Crippen molar-refractivity contribution in [2.75, 3.05) is 26.9 Å². The maximum Gasteiger partial charge on any atom is 0.308 e. The Balaban J connectivity index is 1.99. The van der Waals surface area contributed by atoms with Crippen molar-refractivity contribution in [3.63, 3.8) is 0 Å². The molecule has 2 saturated heterocycles. The largest absolute Gasteiger partial charge is 0.469 e. The highest BCUT2D eigenvalue weighted by Crippen LogP contribution is 2.36. The number of hydrogen-bond donors (Lipinski definition) is 0. The van der Waals surface area contributed by atoms with Crippen LogP contribution >= 0.6 is 0 Å². The zero-order valence-corrected chi connectivity index (χ0v) is 8.45. The van der Waals surface area contributed by atoms with Crippen molar-refractivity contribution in [3.05, 3.63) is 0 Å². The van der Waals surface area contributed by atoms with Crippen molar-refractivity contribution >= 4 is 5.97 Å². The van der Waals surface area contributed by atoms with Gasteiger partial charge in [0.25, 0.3) is 0 Å². The minimum Gasteiger partial charge on any atom is -0.469 e. The first-order chi connectivity index (χ1) is 6.76. The molecule has 0 bridgehead atoms. The molecule has 0 N–H and O–H groups in total. The SMILES string of the molecule is COC(=O)C1CCOC2(CCOC2)C1. The molecule has 1 spiro atoms. The van der Waals surface area contributed by atoms with Crippen LogP contribution < -0.4 is 0 Å². The maximum atomic E-state index is 11.4. The van der Waals surface area contributed by atoms with Crippen LogP contribution in [0.25, 0.3) is 0 Å². The van der Waals surface area contributed by atoms with Gasteiger partial charge in [0.15, 0.2) is 0 Å². The van der Waals surface area contributed by atoms with Crippen LogP contribution in [-0.2, 0) is 19.0 Å². The van der Waals surface area contributed by atoms with Crippen molar-refractivity contribution in [2.45, 2.75) is 24.9 Å². The average Bonchev–Trinajstić information content (AvgIpc) is 2.65. The lowest BCUT2D eigenvalue weighted by Gasteiger charge is -2.35. The Bertz CT molecular complexity index is 220. The molecular weight excluding hydrogens is 184 g/mol. The van der Waals surface area contributed by atoms with E-state index in [0.29, 0.717) is 13.2 Å². The molecule has 80 valence electrons. The lowest BCUT2D eigenvalue weighted by Crippen LogP contribution is -2.42. The number of carbonyl (C=O) groups is 1. The first kappa shape index (κ1) is 9.93. The van der Waals surface area contributed by atoms with Gasteiger partial charge < -0.3 is 14.2 Å². The van der Waals surface area contributed by atoms with Crippen molar-refractivity contribution in [2.24, 2.45) is 5.92 Å². The van der Waals surface area contributed by atoms with Gasteiger partial charge in [-0.2, -0.15) is 0 Å². The van der Waals surface area contributed by atoms with Gasteiger partial charge in [0.1, 0.15) is 0 Å². The fraction of sp³-hybridized carbons (Fsp3) is 0.900. The summed E-state index contributed by atoms with van der Waals surface area (Å²) in [5.41, 5.74) is -0.197. The van der Waals surface area contributed by atoms with Gasteiger partial charge in [0.2, 0.25) is 0 Å². The molecule has 0 radical (unpaired) electrons. The van der Waals surface area contributed by atoms with Gasteiger partial charge in [-0.1, -0.05) is 0 Å². The summed E-state index contributed by atoms with van der Waals surface area (Å²) in [5, 5.41) is 0. The summed E-state index contributed by atoms with van der Waals surface area (Å²) in [6.45, 7) is 2.01. The number of carbonyl (C=O) groups excluding carboxylic acids is 1. The molecule has 2 atom stereocenters. The molecule has 0 amide bonds. The Kier molecular flexibility index (Phi) is 2.74. The van der Waals surface area contributed by atoms with Crippen molar-refractivity contribution < 1.29 is 19.0 Å². The quantitative estimate of drug-likeness (QED) is 0.586. The molecular formula is C10H16O4. The molecule has 0 aromatic carbocycles. The minimum atomic E-state index is -0.197. The fourth-order valence-corrected chi connectivity index (χ4v) is 2.26. The van der Waals surface area contributed by atoms with Crippen molar-refractivity contribution in [3.8, 4) is 0 Å². The third kappa shape index (κ3) is 1.77. The summed E-state index contributed by atoms with van der Waals surface area (Å²) in [6, 6.07) is 0. The molecule has 2 aliphatic heterocycles. The highest BCUT2D eigenvalue weighted by Gasteiger charge is 2.43. The molecule has 0 saturated carbocycles. The molecule has 0 aromatic rings. The summed E-state index contributed by atoms with van der Waals surface area (Å²) in [4.78, 5) is 11.4. The number of methoxy groups -OCH3 is 1. The monoisotopic (exact) mass is 200 g/mol.